The molecule has 0 radical (unpaired) electrons. The zero-order valence-electron chi connectivity index (χ0n) is 14.4. The summed E-state index contributed by atoms with van der Waals surface area (Å²) in [5.41, 5.74) is 6.75. The van der Waals surface area contributed by atoms with Gasteiger partial charge in [0.15, 0.2) is 0 Å². The molecule has 2 fully saturated rings. The van der Waals surface area contributed by atoms with Crippen LogP contribution in [0.1, 0.15) is 55.8 Å². The van der Waals surface area contributed by atoms with Crippen LogP contribution >= 0.6 is 12.4 Å². The number of nitrogens with zero attached hydrogens (tertiary/aromatic N) is 1. The zero-order chi connectivity index (χ0) is 16.2. The van der Waals surface area contributed by atoms with Gasteiger partial charge < -0.3 is 15.4 Å². The van der Waals surface area contributed by atoms with Gasteiger partial charge in [-0.3, -0.25) is 4.79 Å². The number of likely N-dealkylation sites (tertiary alicyclic amines) is 1. The van der Waals surface area contributed by atoms with E-state index in [1.165, 1.54) is 12.8 Å². The van der Waals surface area contributed by atoms with Crippen molar-refractivity contribution in [3.63, 3.8) is 0 Å². The molecule has 2 unspecified atom stereocenters. The third-order valence-corrected chi connectivity index (χ3v) is 5.17. The summed E-state index contributed by atoms with van der Waals surface area (Å²) < 4.78 is 6.02. The highest BCUT2D eigenvalue weighted by atomic mass is 35.5. The molecule has 1 aliphatic heterocycles. The summed E-state index contributed by atoms with van der Waals surface area (Å²) in [6.07, 6.45) is 7.21. The molecule has 24 heavy (non-hydrogen) atoms. The number of piperidine rings is 1. The monoisotopic (exact) mass is 352 g/mol. The van der Waals surface area contributed by atoms with Crippen LogP contribution in [0.3, 0.4) is 0 Å². The molecule has 1 heterocycles. The Kier molecular flexibility index (Phi) is 6.93. The Hall–Kier alpha value is -1.26. The number of rotatable bonds is 4. The van der Waals surface area contributed by atoms with E-state index in [1.54, 1.807) is 0 Å². The van der Waals surface area contributed by atoms with Gasteiger partial charge in [-0.15, -0.1) is 12.4 Å². The minimum absolute atomic E-state index is 0. The van der Waals surface area contributed by atoms with Gasteiger partial charge in [-0.2, -0.15) is 0 Å². The number of benzene rings is 1. The first-order valence-electron chi connectivity index (χ1n) is 8.95. The molecule has 1 aromatic carbocycles. The second-order valence-electron chi connectivity index (χ2n) is 7.06. The molecule has 0 bridgehead atoms. The molecule has 1 saturated carbocycles. The SMILES string of the molecule is CC(N)C1CCCN(C(=O)c2cccc(OC3CCCC3)c2)C1.Cl. The molecular formula is C19H29ClN2O2. The van der Waals surface area contributed by atoms with Crippen LogP contribution in [0, 0.1) is 5.92 Å². The first-order valence-corrected chi connectivity index (χ1v) is 8.95. The lowest BCUT2D eigenvalue weighted by Crippen LogP contribution is -2.45. The van der Waals surface area contributed by atoms with E-state index in [-0.39, 0.29) is 24.4 Å². The average molecular weight is 353 g/mol. The molecule has 2 aliphatic rings. The van der Waals surface area contributed by atoms with Crippen molar-refractivity contribution in [2.45, 2.75) is 57.6 Å². The van der Waals surface area contributed by atoms with E-state index in [2.05, 4.69) is 0 Å². The molecule has 0 aromatic heterocycles. The maximum Gasteiger partial charge on any atom is 0.253 e. The number of halogens is 1. The van der Waals surface area contributed by atoms with Crippen LogP contribution in [-0.4, -0.2) is 36.0 Å². The fourth-order valence-electron chi connectivity index (χ4n) is 3.71. The molecule has 5 heteroatoms. The van der Waals surface area contributed by atoms with Crippen LogP contribution < -0.4 is 10.5 Å². The maximum absolute atomic E-state index is 12.8. The topological polar surface area (TPSA) is 55.6 Å². The van der Waals surface area contributed by atoms with Gasteiger partial charge in [-0.25, -0.2) is 0 Å². The van der Waals surface area contributed by atoms with Gasteiger partial charge in [0.25, 0.3) is 5.91 Å². The summed E-state index contributed by atoms with van der Waals surface area (Å²) >= 11 is 0. The Labute approximate surface area is 151 Å². The van der Waals surface area contributed by atoms with Crippen LogP contribution in [0.5, 0.6) is 5.75 Å². The Balaban J connectivity index is 0.00000208. The summed E-state index contributed by atoms with van der Waals surface area (Å²) in [6.45, 7) is 3.63. The number of hydrogen-bond acceptors (Lipinski definition) is 3. The molecule has 1 aromatic rings. The lowest BCUT2D eigenvalue weighted by atomic mass is 9.92. The first-order chi connectivity index (χ1) is 11.1. The van der Waals surface area contributed by atoms with Gasteiger partial charge in [-0.05, 0) is 69.6 Å². The minimum atomic E-state index is 0. The van der Waals surface area contributed by atoms with Crippen molar-refractivity contribution in [1.29, 1.82) is 0 Å². The van der Waals surface area contributed by atoms with Gasteiger partial charge in [0, 0.05) is 24.7 Å². The summed E-state index contributed by atoms with van der Waals surface area (Å²) in [5.74, 6) is 1.33. The van der Waals surface area contributed by atoms with Crippen molar-refractivity contribution in [2.75, 3.05) is 13.1 Å². The molecule has 0 spiro atoms. The number of nitrogens with two attached hydrogens (primary N) is 1. The maximum atomic E-state index is 12.8. The van der Waals surface area contributed by atoms with Crippen molar-refractivity contribution in [3.8, 4) is 5.75 Å². The van der Waals surface area contributed by atoms with Crippen LogP contribution in [0.4, 0.5) is 0 Å². The predicted octanol–water partition coefficient (Wildman–Crippen LogP) is 3.63. The molecule has 1 amide bonds. The number of ether oxygens (including phenoxy) is 1. The van der Waals surface area contributed by atoms with E-state index < -0.39 is 0 Å². The van der Waals surface area contributed by atoms with Crippen LogP contribution in [0.15, 0.2) is 24.3 Å². The Bertz CT molecular complexity index is 544. The molecular weight excluding hydrogens is 324 g/mol. The third kappa shape index (κ3) is 4.64. The second-order valence-corrected chi connectivity index (χ2v) is 7.06. The summed E-state index contributed by atoms with van der Waals surface area (Å²) in [4.78, 5) is 14.7. The van der Waals surface area contributed by atoms with Crippen molar-refractivity contribution < 1.29 is 9.53 Å². The van der Waals surface area contributed by atoms with Gasteiger partial charge >= 0.3 is 0 Å². The Morgan fingerprint density at radius 2 is 2.00 bits per heavy atom. The lowest BCUT2D eigenvalue weighted by molar-refractivity contribution is 0.0660. The number of hydrogen-bond donors (Lipinski definition) is 1. The molecule has 134 valence electrons. The van der Waals surface area contributed by atoms with E-state index in [0.717, 1.165) is 50.1 Å². The van der Waals surface area contributed by atoms with E-state index in [4.69, 9.17) is 10.5 Å². The fraction of sp³-hybridized carbons (Fsp3) is 0.632. The molecule has 2 atom stereocenters. The number of carbonyl (C=O) groups excluding carboxylic acids is 1. The van der Waals surface area contributed by atoms with E-state index in [1.807, 2.05) is 36.1 Å². The zero-order valence-corrected chi connectivity index (χ0v) is 15.3. The summed E-state index contributed by atoms with van der Waals surface area (Å²) in [6, 6.07) is 7.80. The third-order valence-electron chi connectivity index (χ3n) is 5.17. The van der Waals surface area contributed by atoms with E-state index in [0.29, 0.717) is 12.0 Å². The number of amides is 1. The van der Waals surface area contributed by atoms with Crippen molar-refractivity contribution >= 4 is 18.3 Å². The van der Waals surface area contributed by atoms with Crippen LogP contribution in [0.2, 0.25) is 0 Å². The standard InChI is InChI=1S/C19H28N2O2.ClH/c1-14(20)16-7-5-11-21(13-16)19(22)15-6-4-10-18(12-15)23-17-8-2-3-9-17;/h4,6,10,12,14,16-17H,2-3,5,7-9,11,13,20H2,1H3;1H. The van der Waals surface area contributed by atoms with Gasteiger partial charge in [0.2, 0.25) is 0 Å². The van der Waals surface area contributed by atoms with Crippen LogP contribution in [-0.2, 0) is 0 Å². The molecule has 1 aliphatic carbocycles. The van der Waals surface area contributed by atoms with Crippen molar-refractivity contribution in [3.05, 3.63) is 29.8 Å². The van der Waals surface area contributed by atoms with Gasteiger partial charge in [-0.1, -0.05) is 6.07 Å². The summed E-state index contributed by atoms with van der Waals surface area (Å²) in [7, 11) is 0. The highest BCUT2D eigenvalue weighted by molar-refractivity contribution is 5.94. The fourth-order valence-corrected chi connectivity index (χ4v) is 3.71. The molecule has 3 rings (SSSR count). The van der Waals surface area contributed by atoms with Crippen LogP contribution in [0.25, 0.3) is 0 Å². The van der Waals surface area contributed by atoms with Crippen molar-refractivity contribution in [2.24, 2.45) is 11.7 Å². The molecule has 1 saturated heterocycles. The highest BCUT2D eigenvalue weighted by Gasteiger charge is 2.26. The number of carbonyl (C=O) groups is 1. The molecule has 2 N–H and O–H groups in total. The highest BCUT2D eigenvalue weighted by Crippen LogP contribution is 2.26. The normalized spacial score (nSPS) is 22.8. The first kappa shape index (κ1) is 19.1. The lowest BCUT2D eigenvalue weighted by Gasteiger charge is -2.34. The van der Waals surface area contributed by atoms with Gasteiger partial charge in [0.1, 0.15) is 5.75 Å². The average Bonchev–Trinajstić information content (AvgIpc) is 3.07. The largest absolute Gasteiger partial charge is 0.490 e. The van der Waals surface area contributed by atoms with Crippen molar-refractivity contribution in [1.82, 2.24) is 4.90 Å². The summed E-state index contributed by atoms with van der Waals surface area (Å²) in [5, 5.41) is 0. The Morgan fingerprint density at radius 3 is 2.71 bits per heavy atom. The quantitative estimate of drug-likeness (QED) is 0.900. The molecule has 4 nitrogen and oxygen atoms in total. The smallest absolute Gasteiger partial charge is 0.253 e. The minimum Gasteiger partial charge on any atom is -0.490 e. The Morgan fingerprint density at radius 1 is 1.25 bits per heavy atom. The van der Waals surface area contributed by atoms with E-state index in [9.17, 15) is 4.79 Å². The van der Waals surface area contributed by atoms with E-state index >= 15 is 0 Å². The predicted molar refractivity (Wildman–Crippen MR) is 98.9 cm³/mol. The second kappa shape index (κ2) is 8.72. The van der Waals surface area contributed by atoms with Gasteiger partial charge in [0.05, 0.1) is 6.10 Å².